The number of aromatic nitrogens is 1. The zero-order valence-corrected chi connectivity index (χ0v) is 20.7. The molecule has 0 spiro atoms. The van der Waals surface area contributed by atoms with Crippen molar-refractivity contribution in [2.75, 3.05) is 0 Å². The SMILES string of the molecule is C=c1c2c(C)c3ccccc3cc2n2c3ccccc3c3c(CC(C)(C)C#N)cc(/C=C\C)c1c32. The van der Waals surface area contributed by atoms with Crippen LogP contribution in [0.3, 0.4) is 0 Å². The summed E-state index contributed by atoms with van der Waals surface area (Å²) in [6.45, 7) is 13.0. The molecule has 2 heterocycles. The van der Waals surface area contributed by atoms with Crippen LogP contribution in [0, 0.1) is 23.7 Å². The first kappa shape index (κ1) is 21.4. The average Bonchev–Trinajstić information content (AvgIpc) is 3.19. The predicted molar refractivity (Wildman–Crippen MR) is 151 cm³/mol. The van der Waals surface area contributed by atoms with Gasteiger partial charge >= 0.3 is 0 Å². The molecule has 6 rings (SSSR count). The van der Waals surface area contributed by atoms with Crippen LogP contribution >= 0.6 is 0 Å². The van der Waals surface area contributed by atoms with Crippen molar-refractivity contribution in [1.82, 2.24) is 4.40 Å². The lowest BCUT2D eigenvalue weighted by Gasteiger charge is -2.19. The molecule has 0 bridgehead atoms. The summed E-state index contributed by atoms with van der Waals surface area (Å²) in [5.41, 5.74) is 6.77. The van der Waals surface area contributed by atoms with Gasteiger partial charge in [0, 0.05) is 21.5 Å². The van der Waals surface area contributed by atoms with Crippen LogP contribution in [0.4, 0.5) is 0 Å². The fourth-order valence-electron chi connectivity index (χ4n) is 6.00. The Morgan fingerprint density at radius 2 is 1.66 bits per heavy atom. The average molecular weight is 453 g/mol. The molecule has 0 radical (unpaired) electrons. The molecule has 0 saturated heterocycles. The molecule has 4 aromatic carbocycles. The second-order valence-corrected chi connectivity index (χ2v) is 10.3. The minimum Gasteiger partial charge on any atom is -0.308 e. The number of benzene rings is 4. The first-order chi connectivity index (χ1) is 16.9. The smallest absolute Gasteiger partial charge is 0.0687 e. The van der Waals surface area contributed by atoms with Gasteiger partial charge in [-0.15, -0.1) is 0 Å². The third-order valence-electron chi connectivity index (χ3n) is 7.46. The molecule has 6 aromatic rings. The number of aryl methyl sites for hydroxylation is 1. The van der Waals surface area contributed by atoms with Crippen molar-refractivity contribution in [2.45, 2.75) is 34.1 Å². The highest BCUT2D eigenvalue weighted by molar-refractivity contribution is 6.21. The molecule has 170 valence electrons. The van der Waals surface area contributed by atoms with Gasteiger partial charge in [-0.2, -0.15) is 5.26 Å². The first-order valence-electron chi connectivity index (χ1n) is 12.2. The fourth-order valence-corrected chi connectivity index (χ4v) is 6.00. The van der Waals surface area contributed by atoms with Gasteiger partial charge in [-0.1, -0.05) is 67.3 Å². The molecule has 0 unspecified atom stereocenters. The van der Waals surface area contributed by atoms with E-state index in [0.717, 1.165) is 10.8 Å². The first-order valence-corrected chi connectivity index (χ1v) is 12.2. The Morgan fingerprint density at radius 1 is 0.943 bits per heavy atom. The minimum atomic E-state index is -0.462. The van der Waals surface area contributed by atoms with E-state index >= 15 is 0 Å². The summed E-state index contributed by atoms with van der Waals surface area (Å²) >= 11 is 0. The minimum absolute atomic E-state index is 0.462. The van der Waals surface area contributed by atoms with Gasteiger partial charge in [0.2, 0.25) is 0 Å². The lowest BCUT2D eigenvalue weighted by molar-refractivity contribution is 0.495. The van der Waals surface area contributed by atoms with Gasteiger partial charge in [0.15, 0.2) is 0 Å². The van der Waals surface area contributed by atoms with Crippen molar-refractivity contribution in [3.63, 3.8) is 0 Å². The quantitative estimate of drug-likeness (QED) is 0.249. The van der Waals surface area contributed by atoms with Crippen LogP contribution < -0.4 is 5.22 Å². The van der Waals surface area contributed by atoms with Gasteiger partial charge in [0.25, 0.3) is 0 Å². The summed E-state index contributed by atoms with van der Waals surface area (Å²) in [5.74, 6) is 0. The number of pyridine rings is 1. The number of hydrogen-bond donors (Lipinski definition) is 0. The van der Waals surface area contributed by atoms with Gasteiger partial charge in [-0.05, 0) is 78.9 Å². The summed E-state index contributed by atoms with van der Waals surface area (Å²) in [7, 11) is 0. The van der Waals surface area contributed by atoms with E-state index in [1.165, 1.54) is 60.0 Å². The Kier molecular flexibility index (Phi) is 4.57. The normalized spacial score (nSPS) is 12.7. The Labute approximate surface area is 205 Å². The second-order valence-electron chi connectivity index (χ2n) is 10.3. The number of nitrogens with zero attached hydrogens (tertiary/aromatic N) is 2. The molecule has 0 fully saturated rings. The Balaban J connectivity index is 1.98. The van der Waals surface area contributed by atoms with Crippen LogP contribution in [0.2, 0.25) is 0 Å². The maximum Gasteiger partial charge on any atom is 0.0687 e. The molecule has 0 N–H and O–H groups in total. The summed E-state index contributed by atoms with van der Waals surface area (Å²) in [4.78, 5) is 0. The number of para-hydroxylation sites is 1. The summed E-state index contributed by atoms with van der Waals surface area (Å²) < 4.78 is 2.44. The Morgan fingerprint density at radius 3 is 2.40 bits per heavy atom. The molecule has 0 aliphatic rings. The van der Waals surface area contributed by atoms with Crippen molar-refractivity contribution in [2.24, 2.45) is 5.41 Å². The maximum absolute atomic E-state index is 9.85. The summed E-state index contributed by atoms with van der Waals surface area (Å²) in [6, 6.07) is 24.4. The highest BCUT2D eigenvalue weighted by Gasteiger charge is 2.25. The molecular weight excluding hydrogens is 424 g/mol. The van der Waals surface area contributed by atoms with Crippen LogP contribution in [0.5, 0.6) is 0 Å². The van der Waals surface area contributed by atoms with Gasteiger partial charge < -0.3 is 4.40 Å². The third-order valence-corrected chi connectivity index (χ3v) is 7.46. The van der Waals surface area contributed by atoms with Gasteiger partial charge in [-0.25, -0.2) is 0 Å². The number of allylic oxidation sites excluding steroid dienone is 1. The van der Waals surface area contributed by atoms with Crippen molar-refractivity contribution >= 4 is 61.5 Å². The lowest BCUT2D eigenvalue weighted by Crippen LogP contribution is -2.14. The molecular formula is C33H28N2. The summed E-state index contributed by atoms with van der Waals surface area (Å²) in [6.07, 6.45) is 4.97. The van der Waals surface area contributed by atoms with E-state index in [2.05, 4.69) is 104 Å². The van der Waals surface area contributed by atoms with E-state index in [1.807, 2.05) is 13.8 Å². The van der Waals surface area contributed by atoms with Crippen LogP contribution in [0.25, 0.3) is 61.5 Å². The number of rotatable bonds is 3. The standard InChI is InChI=1S/C33H28N2/c1-6-11-23-16-24(18-33(4,5)19-34)31-26-14-9-10-15-27(26)35-28-17-22-12-7-8-13-25(22)20(2)29(28)21(3)30(23)32(31)35/h6-17H,3,18H2,1-2,4-5H3/b11-6-. The molecule has 2 heteroatoms. The van der Waals surface area contributed by atoms with Crippen LogP contribution in [-0.4, -0.2) is 4.40 Å². The van der Waals surface area contributed by atoms with E-state index in [-0.39, 0.29) is 0 Å². The van der Waals surface area contributed by atoms with Crippen molar-refractivity contribution in [1.29, 1.82) is 5.26 Å². The predicted octanol–water partition coefficient (Wildman–Crippen LogP) is 8.12. The van der Waals surface area contributed by atoms with Crippen LogP contribution in [0.1, 0.15) is 37.5 Å². The largest absolute Gasteiger partial charge is 0.308 e. The molecule has 35 heavy (non-hydrogen) atoms. The number of nitriles is 1. The van der Waals surface area contributed by atoms with Crippen molar-refractivity contribution in [3.8, 4) is 6.07 Å². The summed E-state index contributed by atoms with van der Waals surface area (Å²) in [5, 5.41) is 18.3. The maximum atomic E-state index is 9.85. The second kappa shape index (κ2) is 7.45. The van der Waals surface area contributed by atoms with E-state index < -0.39 is 5.41 Å². The molecule has 0 atom stereocenters. The van der Waals surface area contributed by atoms with E-state index in [9.17, 15) is 5.26 Å². The van der Waals surface area contributed by atoms with Gasteiger partial charge in [0.05, 0.1) is 28.0 Å². The molecule has 0 aliphatic carbocycles. The van der Waals surface area contributed by atoms with Crippen molar-refractivity contribution < 1.29 is 0 Å². The fraction of sp³-hybridized carbons (Fsp3) is 0.182. The topological polar surface area (TPSA) is 28.2 Å². The van der Waals surface area contributed by atoms with Gasteiger partial charge in [0.1, 0.15) is 0 Å². The van der Waals surface area contributed by atoms with Crippen LogP contribution in [0.15, 0.2) is 66.7 Å². The van der Waals surface area contributed by atoms with Crippen molar-refractivity contribution in [3.05, 3.63) is 88.6 Å². The Hall–Kier alpha value is -4.09. The molecule has 2 nitrogen and oxygen atoms in total. The lowest BCUT2D eigenvalue weighted by atomic mass is 9.84. The number of fused-ring (bicyclic) bond motifs is 6. The van der Waals surface area contributed by atoms with E-state index in [4.69, 9.17) is 0 Å². The zero-order valence-electron chi connectivity index (χ0n) is 20.7. The van der Waals surface area contributed by atoms with E-state index in [0.29, 0.717) is 6.42 Å². The molecule has 2 aromatic heterocycles. The zero-order chi connectivity index (χ0) is 24.5. The Bertz CT molecular complexity index is 1940. The van der Waals surface area contributed by atoms with Gasteiger partial charge in [-0.3, -0.25) is 0 Å². The highest BCUT2D eigenvalue weighted by atomic mass is 14.9. The molecule has 0 saturated carbocycles. The highest BCUT2D eigenvalue weighted by Crippen LogP contribution is 2.41. The monoisotopic (exact) mass is 452 g/mol. The van der Waals surface area contributed by atoms with E-state index in [1.54, 1.807) is 0 Å². The molecule has 0 aliphatic heterocycles. The number of hydrogen-bond acceptors (Lipinski definition) is 1. The molecule has 0 amide bonds. The third kappa shape index (κ3) is 2.95. The van der Waals surface area contributed by atoms with Crippen LogP contribution in [-0.2, 0) is 6.42 Å².